The molecule has 4 aromatic rings. The molecule has 7 nitrogen and oxygen atoms in total. The number of halogens is 3. The average Bonchev–Trinajstić information content (AvgIpc) is 3.29. The van der Waals surface area contributed by atoms with Crippen molar-refractivity contribution in [1.82, 2.24) is 4.90 Å². The smallest absolute Gasteiger partial charge is 0.335 e. The van der Waals surface area contributed by atoms with Crippen LogP contribution >= 0.6 is 50.9 Å². The van der Waals surface area contributed by atoms with Crippen molar-refractivity contribution >= 4 is 79.7 Å². The number of ether oxygens (including phenoxy) is 2. The van der Waals surface area contributed by atoms with Crippen LogP contribution in [-0.2, 0) is 17.9 Å². The topological polar surface area (TPSA) is 88.4 Å². The van der Waals surface area contributed by atoms with Gasteiger partial charge in [-0.2, -0.15) is 0 Å². The molecule has 224 valence electrons. The molecule has 0 radical (unpaired) electrons. The Morgan fingerprint density at radius 1 is 0.955 bits per heavy atom. The number of carboxylic acids is 1. The molecule has 11 heteroatoms. The Labute approximate surface area is 277 Å². The summed E-state index contributed by atoms with van der Waals surface area (Å²) in [6, 6.07) is 24.8. The fourth-order valence-electron chi connectivity index (χ4n) is 4.25. The lowest BCUT2D eigenvalue weighted by atomic mass is 10.1. The number of hydrogen-bond donors (Lipinski definition) is 1. The highest BCUT2D eigenvalue weighted by Gasteiger charge is 2.34. The van der Waals surface area contributed by atoms with Crippen LogP contribution in [0.15, 0.2) is 99.3 Å². The third-order valence-electron chi connectivity index (χ3n) is 6.44. The van der Waals surface area contributed by atoms with Gasteiger partial charge in [0.25, 0.3) is 5.91 Å². The zero-order valence-corrected chi connectivity index (χ0v) is 27.2. The number of carbonyl (C=O) groups excluding carboxylic acids is 1. The second-order valence-corrected chi connectivity index (χ2v) is 12.2. The minimum atomic E-state index is -1.01. The lowest BCUT2D eigenvalue weighted by Crippen LogP contribution is -2.28. The molecule has 0 bridgehead atoms. The zero-order chi connectivity index (χ0) is 31.2. The van der Waals surface area contributed by atoms with Crippen molar-refractivity contribution in [3.05, 3.63) is 127 Å². The number of hydrogen-bond acceptors (Lipinski definition) is 6. The molecule has 0 atom stereocenters. The van der Waals surface area contributed by atoms with Crippen molar-refractivity contribution in [2.24, 2.45) is 4.99 Å². The third kappa shape index (κ3) is 7.65. The molecular formula is C33H25BrCl2N2O5S. The van der Waals surface area contributed by atoms with Gasteiger partial charge in [-0.05, 0) is 90.0 Å². The molecule has 1 saturated heterocycles. The number of aromatic carboxylic acids is 1. The molecule has 44 heavy (non-hydrogen) atoms. The van der Waals surface area contributed by atoms with Crippen molar-refractivity contribution in [3.63, 3.8) is 0 Å². The standard InChI is InChI=1S/C33H25BrCl2N2O5S/c1-2-42-28-15-23(25(34)17-29(28)43-19-21-10-13-26(35)27(36)14-21)16-30-31(39)38(18-20-8-11-22(12-9-20)32(40)41)33(44-30)37-24-6-4-3-5-7-24/h3-17H,2,18-19H2,1H3,(H,40,41)/b30-16-,37-33?. The van der Waals surface area contributed by atoms with E-state index in [1.165, 1.54) is 23.9 Å². The summed E-state index contributed by atoms with van der Waals surface area (Å²) in [6.45, 7) is 2.77. The number of amidine groups is 1. The number of thioether (sulfide) groups is 1. The summed E-state index contributed by atoms with van der Waals surface area (Å²) in [6.07, 6.45) is 1.79. The minimum absolute atomic E-state index is 0.175. The van der Waals surface area contributed by atoms with E-state index in [2.05, 4.69) is 15.9 Å². The van der Waals surface area contributed by atoms with Gasteiger partial charge in [0.05, 0.1) is 39.4 Å². The van der Waals surface area contributed by atoms with Gasteiger partial charge in [0.1, 0.15) is 6.61 Å². The molecule has 1 fully saturated rings. The minimum Gasteiger partial charge on any atom is -0.490 e. The highest BCUT2D eigenvalue weighted by molar-refractivity contribution is 9.10. The van der Waals surface area contributed by atoms with Gasteiger partial charge >= 0.3 is 5.97 Å². The number of nitrogens with zero attached hydrogens (tertiary/aromatic N) is 2. The van der Waals surface area contributed by atoms with E-state index in [4.69, 9.17) is 37.7 Å². The molecule has 1 N–H and O–H groups in total. The first-order chi connectivity index (χ1) is 21.2. The lowest BCUT2D eigenvalue weighted by molar-refractivity contribution is -0.122. The predicted molar refractivity (Wildman–Crippen MR) is 179 cm³/mol. The quantitative estimate of drug-likeness (QED) is 0.165. The van der Waals surface area contributed by atoms with Gasteiger partial charge in [0.15, 0.2) is 16.7 Å². The van der Waals surface area contributed by atoms with Crippen LogP contribution in [0.25, 0.3) is 6.08 Å². The summed E-state index contributed by atoms with van der Waals surface area (Å²) >= 11 is 17.1. The van der Waals surface area contributed by atoms with E-state index in [0.29, 0.717) is 48.4 Å². The predicted octanol–water partition coefficient (Wildman–Crippen LogP) is 9.24. The normalized spacial score (nSPS) is 14.8. The number of carboxylic acid groups (broad SMARTS) is 1. The Hall–Kier alpha value is -3.76. The molecule has 1 amide bonds. The van der Waals surface area contributed by atoms with Crippen LogP contribution in [0, 0.1) is 0 Å². The summed E-state index contributed by atoms with van der Waals surface area (Å²) < 4.78 is 12.7. The maximum absolute atomic E-state index is 13.8. The molecule has 1 heterocycles. The molecule has 0 aliphatic carbocycles. The number of rotatable bonds is 10. The fourth-order valence-corrected chi connectivity index (χ4v) is 6.00. The molecule has 4 aromatic carbocycles. The van der Waals surface area contributed by atoms with Gasteiger partial charge < -0.3 is 14.6 Å². The van der Waals surface area contributed by atoms with Crippen LogP contribution in [-0.4, -0.2) is 33.7 Å². The van der Waals surface area contributed by atoms with Crippen molar-refractivity contribution in [1.29, 1.82) is 0 Å². The van der Waals surface area contributed by atoms with Crippen molar-refractivity contribution in [2.75, 3.05) is 6.61 Å². The SMILES string of the molecule is CCOc1cc(/C=C2\SC(=Nc3ccccc3)N(Cc3ccc(C(=O)O)cc3)C2=O)c(Br)cc1OCc1ccc(Cl)c(Cl)c1. The van der Waals surface area contributed by atoms with E-state index in [9.17, 15) is 14.7 Å². The van der Waals surface area contributed by atoms with E-state index < -0.39 is 5.97 Å². The van der Waals surface area contributed by atoms with E-state index in [-0.39, 0.29) is 24.6 Å². The summed E-state index contributed by atoms with van der Waals surface area (Å²) in [7, 11) is 0. The highest BCUT2D eigenvalue weighted by Crippen LogP contribution is 2.40. The van der Waals surface area contributed by atoms with E-state index in [0.717, 1.165) is 16.7 Å². The first-order valence-corrected chi connectivity index (χ1v) is 15.8. The van der Waals surface area contributed by atoms with Crippen molar-refractivity contribution in [2.45, 2.75) is 20.1 Å². The molecule has 0 unspecified atom stereocenters. The zero-order valence-electron chi connectivity index (χ0n) is 23.3. The maximum Gasteiger partial charge on any atom is 0.335 e. The maximum atomic E-state index is 13.8. The monoisotopic (exact) mass is 710 g/mol. The third-order valence-corrected chi connectivity index (χ3v) is 8.87. The van der Waals surface area contributed by atoms with Crippen LogP contribution in [0.2, 0.25) is 10.0 Å². The number of aliphatic imine (C=N–C) groups is 1. The largest absolute Gasteiger partial charge is 0.490 e. The van der Waals surface area contributed by atoms with Crippen LogP contribution in [0.4, 0.5) is 5.69 Å². The first kappa shape index (κ1) is 31.7. The summed E-state index contributed by atoms with van der Waals surface area (Å²) in [5.41, 5.74) is 3.22. The van der Waals surface area contributed by atoms with Gasteiger partial charge in [-0.25, -0.2) is 9.79 Å². The Morgan fingerprint density at radius 2 is 1.66 bits per heavy atom. The van der Waals surface area contributed by atoms with E-state index in [1.54, 1.807) is 41.3 Å². The fraction of sp³-hybridized carbons (Fsp3) is 0.121. The van der Waals surface area contributed by atoms with Gasteiger partial charge in [0.2, 0.25) is 0 Å². The molecule has 5 rings (SSSR count). The van der Waals surface area contributed by atoms with Crippen LogP contribution in [0.1, 0.15) is 34.0 Å². The molecule has 0 saturated carbocycles. The number of carbonyl (C=O) groups is 2. The van der Waals surface area contributed by atoms with Crippen LogP contribution in [0.3, 0.4) is 0 Å². The lowest BCUT2D eigenvalue weighted by Gasteiger charge is -2.16. The Kier molecular flexibility index (Phi) is 10.3. The molecule has 1 aliphatic rings. The summed E-state index contributed by atoms with van der Waals surface area (Å²) in [5, 5.41) is 10.7. The van der Waals surface area contributed by atoms with Gasteiger partial charge in [-0.15, -0.1) is 0 Å². The second kappa shape index (κ2) is 14.3. The second-order valence-electron chi connectivity index (χ2n) is 9.52. The Bertz CT molecular complexity index is 1760. The van der Waals surface area contributed by atoms with Crippen LogP contribution in [0.5, 0.6) is 11.5 Å². The Morgan fingerprint density at radius 3 is 2.34 bits per heavy atom. The summed E-state index contributed by atoms with van der Waals surface area (Å²) in [5.74, 6) is -0.192. The van der Waals surface area contributed by atoms with Crippen LogP contribution < -0.4 is 9.47 Å². The van der Waals surface area contributed by atoms with E-state index in [1.807, 2.05) is 49.4 Å². The van der Waals surface area contributed by atoms with E-state index >= 15 is 0 Å². The number of benzene rings is 4. The Balaban J connectivity index is 1.44. The molecule has 1 aliphatic heterocycles. The average molecular weight is 712 g/mol. The first-order valence-electron chi connectivity index (χ1n) is 13.4. The van der Waals surface area contributed by atoms with Gasteiger partial charge in [-0.1, -0.05) is 75.5 Å². The number of amides is 1. The molecule has 0 aromatic heterocycles. The van der Waals surface area contributed by atoms with Crippen molar-refractivity contribution < 1.29 is 24.2 Å². The number of para-hydroxylation sites is 1. The van der Waals surface area contributed by atoms with Gasteiger partial charge in [0, 0.05) is 4.47 Å². The highest BCUT2D eigenvalue weighted by atomic mass is 79.9. The molecular weight excluding hydrogens is 687 g/mol. The summed E-state index contributed by atoms with van der Waals surface area (Å²) in [4.78, 5) is 31.9. The van der Waals surface area contributed by atoms with Gasteiger partial charge in [-0.3, -0.25) is 9.69 Å². The molecule has 0 spiro atoms. The van der Waals surface area contributed by atoms with Crippen molar-refractivity contribution in [3.8, 4) is 11.5 Å².